The molecule has 0 unspecified atom stereocenters. The van der Waals surface area contributed by atoms with E-state index in [4.69, 9.17) is 4.74 Å². The normalized spacial score (nSPS) is 12.3. The Hall–Kier alpha value is -2.67. The van der Waals surface area contributed by atoms with Crippen molar-refractivity contribution in [2.75, 3.05) is 12.4 Å². The Morgan fingerprint density at radius 3 is 2.61 bits per heavy atom. The number of anilines is 1. The SMILES string of the molecule is CC[C@H](Nc1ccc2nnc(CO)n2n1)c1ccc(OC)cc1. The summed E-state index contributed by atoms with van der Waals surface area (Å²) in [4.78, 5) is 0. The van der Waals surface area contributed by atoms with Crippen LogP contribution in [0.5, 0.6) is 5.75 Å². The van der Waals surface area contributed by atoms with Gasteiger partial charge in [0.2, 0.25) is 0 Å². The van der Waals surface area contributed by atoms with Crippen LogP contribution in [0, 0.1) is 0 Å². The zero-order valence-corrected chi connectivity index (χ0v) is 13.1. The van der Waals surface area contributed by atoms with Gasteiger partial charge in [0.15, 0.2) is 11.5 Å². The van der Waals surface area contributed by atoms with Crippen LogP contribution < -0.4 is 10.1 Å². The average molecular weight is 313 g/mol. The highest BCUT2D eigenvalue weighted by Crippen LogP contribution is 2.23. The number of aromatic nitrogens is 4. The van der Waals surface area contributed by atoms with Gasteiger partial charge in [-0.2, -0.15) is 4.52 Å². The predicted octanol–water partition coefficient (Wildman–Crippen LogP) is 2.19. The lowest BCUT2D eigenvalue weighted by atomic mass is 10.0. The van der Waals surface area contributed by atoms with E-state index in [-0.39, 0.29) is 12.6 Å². The van der Waals surface area contributed by atoms with E-state index in [9.17, 15) is 5.11 Å². The monoisotopic (exact) mass is 313 g/mol. The Bertz CT molecular complexity index is 785. The van der Waals surface area contributed by atoms with Crippen molar-refractivity contribution in [2.24, 2.45) is 0 Å². The lowest BCUT2D eigenvalue weighted by Gasteiger charge is -2.18. The minimum absolute atomic E-state index is 0.125. The van der Waals surface area contributed by atoms with Gasteiger partial charge in [0.05, 0.1) is 13.2 Å². The fourth-order valence-electron chi connectivity index (χ4n) is 2.44. The van der Waals surface area contributed by atoms with Gasteiger partial charge in [-0.25, -0.2) is 0 Å². The van der Waals surface area contributed by atoms with Crippen molar-refractivity contribution < 1.29 is 9.84 Å². The van der Waals surface area contributed by atoms with Gasteiger partial charge < -0.3 is 15.2 Å². The average Bonchev–Trinajstić information content (AvgIpc) is 3.02. The predicted molar refractivity (Wildman–Crippen MR) is 86.4 cm³/mol. The third-order valence-corrected chi connectivity index (χ3v) is 3.72. The summed E-state index contributed by atoms with van der Waals surface area (Å²) >= 11 is 0. The molecule has 0 aliphatic rings. The molecule has 0 spiro atoms. The number of nitrogens with zero attached hydrogens (tertiary/aromatic N) is 4. The third kappa shape index (κ3) is 3.09. The summed E-state index contributed by atoms with van der Waals surface area (Å²) in [6.45, 7) is 1.91. The van der Waals surface area contributed by atoms with Gasteiger partial charge in [0, 0.05) is 0 Å². The van der Waals surface area contributed by atoms with Gasteiger partial charge >= 0.3 is 0 Å². The van der Waals surface area contributed by atoms with Crippen LogP contribution >= 0.6 is 0 Å². The molecule has 0 amide bonds. The van der Waals surface area contributed by atoms with E-state index in [0.29, 0.717) is 17.3 Å². The van der Waals surface area contributed by atoms with Crippen molar-refractivity contribution in [1.82, 2.24) is 19.8 Å². The fourth-order valence-corrected chi connectivity index (χ4v) is 2.44. The minimum atomic E-state index is -0.201. The molecule has 0 aliphatic carbocycles. The molecule has 120 valence electrons. The molecule has 0 bridgehead atoms. The molecule has 2 aromatic heterocycles. The van der Waals surface area contributed by atoms with Crippen molar-refractivity contribution in [1.29, 1.82) is 0 Å². The van der Waals surface area contributed by atoms with Crippen molar-refractivity contribution >= 4 is 11.5 Å². The quantitative estimate of drug-likeness (QED) is 0.725. The molecule has 0 fully saturated rings. The Morgan fingerprint density at radius 1 is 1.17 bits per heavy atom. The molecule has 1 atom stereocenters. The molecule has 3 aromatic rings. The Balaban J connectivity index is 1.85. The molecule has 7 heteroatoms. The number of nitrogens with one attached hydrogen (secondary N) is 1. The lowest BCUT2D eigenvalue weighted by molar-refractivity contribution is 0.268. The van der Waals surface area contributed by atoms with E-state index in [1.54, 1.807) is 11.6 Å². The number of methoxy groups -OCH3 is 1. The number of hydrogen-bond donors (Lipinski definition) is 2. The van der Waals surface area contributed by atoms with Crippen molar-refractivity contribution in [3.8, 4) is 5.75 Å². The molecule has 0 aliphatic heterocycles. The van der Waals surface area contributed by atoms with Crippen LogP contribution in [0.4, 0.5) is 5.82 Å². The molecule has 7 nitrogen and oxygen atoms in total. The Kier molecular flexibility index (Phi) is 4.38. The molecule has 0 saturated heterocycles. The van der Waals surface area contributed by atoms with Gasteiger partial charge in [-0.1, -0.05) is 19.1 Å². The first-order chi connectivity index (χ1) is 11.2. The number of aliphatic hydroxyl groups excluding tert-OH is 1. The molecular weight excluding hydrogens is 294 g/mol. The molecule has 2 N–H and O–H groups in total. The fraction of sp³-hybridized carbons (Fsp3) is 0.312. The van der Waals surface area contributed by atoms with Crippen molar-refractivity contribution in [3.63, 3.8) is 0 Å². The van der Waals surface area contributed by atoms with Crippen LogP contribution in [0.25, 0.3) is 5.65 Å². The van der Waals surface area contributed by atoms with E-state index in [0.717, 1.165) is 17.7 Å². The van der Waals surface area contributed by atoms with E-state index < -0.39 is 0 Å². The van der Waals surface area contributed by atoms with Crippen LogP contribution in [-0.2, 0) is 6.61 Å². The van der Waals surface area contributed by atoms with Crippen molar-refractivity contribution in [2.45, 2.75) is 26.0 Å². The molecule has 2 heterocycles. The zero-order chi connectivity index (χ0) is 16.2. The maximum Gasteiger partial charge on any atom is 0.180 e. The molecular formula is C16H19N5O2. The summed E-state index contributed by atoms with van der Waals surface area (Å²) in [6.07, 6.45) is 0.904. The molecule has 23 heavy (non-hydrogen) atoms. The van der Waals surface area contributed by atoms with Crippen LogP contribution in [0.2, 0.25) is 0 Å². The lowest BCUT2D eigenvalue weighted by Crippen LogP contribution is -2.12. The number of aliphatic hydroxyl groups is 1. The minimum Gasteiger partial charge on any atom is -0.497 e. The van der Waals surface area contributed by atoms with E-state index in [1.807, 2.05) is 36.4 Å². The Morgan fingerprint density at radius 2 is 1.96 bits per heavy atom. The standard InChI is InChI=1S/C16H19N5O2/c1-3-13(11-4-6-12(23-2)7-5-11)17-14-8-9-15-18-19-16(10-22)21(15)20-14/h4-9,13,22H,3,10H2,1-2H3,(H,17,20)/t13-/m0/s1. The number of benzene rings is 1. The van der Waals surface area contributed by atoms with Crippen LogP contribution in [0.15, 0.2) is 36.4 Å². The molecule has 0 saturated carbocycles. The maximum atomic E-state index is 9.28. The van der Waals surface area contributed by atoms with Gasteiger partial charge in [0.25, 0.3) is 0 Å². The summed E-state index contributed by atoms with van der Waals surface area (Å²) in [7, 11) is 1.65. The maximum absolute atomic E-state index is 9.28. The molecule has 1 aromatic carbocycles. The summed E-state index contributed by atoms with van der Waals surface area (Å²) < 4.78 is 6.74. The topological polar surface area (TPSA) is 84.6 Å². The van der Waals surface area contributed by atoms with Gasteiger partial charge in [-0.05, 0) is 36.2 Å². The van der Waals surface area contributed by atoms with E-state index in [1.165, 1.54) is 0 Å². The van der Waals surface area contributed by atoms with Gasteiger partial charge in [-0.15, -0.1) is 15.3 Å². The first-order valence-corrected chi connectivity index (χ1v) is 7.47. The second-order valence-corrected chi connectivity index (χ2v) is 5.14. The third-order valence-electron chi connectivity index (χ3n) is 3.72. The Labute approximate surface area is 133 Å². The van der Waals surface area contributed by atoms with Gasteiger partial charge in [-0.3, -0.25) is 0 Å². The zero-order valence-electron chi connectivity index (χ0n) is 13.1. The summed E-state index contributed by atoms with van der Waals surface area (Å²) in [5.41, 5.74) is 1.76. The highest BCUT2D eigenvalue weighted by molar-refractivity contribution is 5.45. The number of ether oxygens (including phenoxy) is 1. The summed E-state index contributed by atoms with van der Waals surface area (Å²) in [5.74, 6) is 1.95. The van der Waals surface area contributed by atoms with Gasteiger partial charge in [0.1, 0.15) is 18.2 Å². The van der Waals surface area contributed by atoms with E-state index in [2.05, 4.69) is 27.5 Å². The largest absolute Gasteiger partial charge is 0.497 e. The smallest absolute Gasteiger partial charge is 0.180 e. The highest BCUT2D eigenvalue weighted by Gasteiger charge is 2.12. The van der Waals surface area contributed by atoms with Crippen LogP contribution in [0.1, 0.15) is 30.8 Å². The summed E-state index contributed by atoms with van der Waals surface area (Å²) in [6, 6.07) is 11.8. The first-order valence-electron chi connectivity index (χ1n) is 7.47. The second kappa shape index (κ2) is 6.62. The number of fused-ring (bicyclic) bond motifs is 1. The summed E-state index contributed by atoms with van der Waals surface area (Å²) in [5, 5.41) is 25.0. The molecule has 0 radical (unpaired) electrons. The number of rotatable bonds is 6. The van der Waals surface area contributed by atoms with Crippen molar-refractivity contribution in [3.05, 3.63) is 47.8 Å². The second-order valence-electron chi connectivity index (χ2n) is 5.14. The highest BCUT2D eigenvalue weighted by atomic mass is 16.5. The first kappa shape index (κ1) is 15.2. The van der Waals surface area contributed by atoms with Crippen LogP contribution in [0.3, 0.4) is 0 Å². The van der Waals surface area contributed by atoms with Crippen LogP contribution in [-0.4, -0.2) is 32.0 Å². The number of hydrogen-bond acceptors (Lipinski definition) is 6. The molecule has 3 rings (SSSR count). The van der Waals surface area contributed by atoms with E-state index >= 15 is 0 Å².